The highest BCUT2D eigenvalue weighted by Gasteiger charge is 2.25. The lowest BCUT2D eigenvalue weighted by Crippen LogP contribution is -2.36. The predicted molar refractivity (Wildman–Crippen MR) is 59.0 cm³/mol. The van der Waals surface area contributed by atoms with Crippen molar-refractivity contribution < 1.29 is 14.2 Å². The molecule has 4 heteroatoms. The van der Waals surface area contributed by atoms with Gasteiger partial charge >= 0.3 is 0 Å². The minimum absolute atomic E-state index is 0.222. The Morgan fingerprint density at radius 3 is 3.13 bits per heavy atom. The molecule has 0 radical (unpaired) electrons. The van der Waals surface area contributed by atoms with E-state index in [9.17, 15) is 9.50 Å². The zero-order valence-corrected chi connectivity index (χ0v) is 9.08. The van der Waals surface area contributed by atoms with Gasteiger partial charge in [-0.05, 0) is 36.6 Å². The minimum Gasteiger partial charge on any atom is -0.487 e. The Morgan fingerprint density at radius 1 is 1.60 bits per heavy atom. The molecule has 2 rings (SSSR count). The van der Waals surface area contributed by atoms with Crippen LogP contribution in [0.1, 0.15) is 12.0 Å². The number of fused-ring (bicyclic) bond motifs is 1. The van der Waals surface area contributed by atoms with Gasteiger partial charge in [0.15, 0.2) is 0 Å². The summed E-state index contributed by atoms with van der Waals surface area (Å²) in [6.45, 7) is 0. The molecule has 1 heterocycles. The van der Waals surface area contributed by atoms with Gasteiger partial charge in [-0.1, -0.05) is 0 Å². The fourth-order valence-corrected chi connectivity index (χ4v) is 2.00. The maximum absolute atomic E-state index is 12.9. The minimum atomic E-state index is -0.563. The molecule has 15 heavy (non-hydrogen) atoms. The number of rotatable bonds is 2. The van der Waals surface area contributed by atoms with E-state index in [1.807, 2.05) is 0 Å². The summed E-state index contributed by atoms with van der Waals surface area (Å²) < 4.78 is 18.5. The normalized spacial score (nSPS) is 21.7. The fraction of sp³-hybridized carbons (Fsp3) is 0.455. The zero-order valence-electron chi connectivity index (χ0n) is 8.19. The molecule has 82 valence electrons. The van der Waals surface area contributed by atoms with Crippen LogP contribution < -0.4 is 4.74 Å². The van der Waals surface area contributed by atoms with Crippen molar-refractivity contribution in [1.82, 2.24) is 0 Å². The number of aliphatic hydroxyl groups is 1. The molecule has 0 amide bonds. The van der Waals surface area contributed by atoms with E-state index in [0.29, 0.717) is 17.9 Å². The molecule has 1 N–H and O–H groups in total. The van der Waals surface area contributed by atoms with Crippen LogP contribution in [0.25, 0.3) is 0 Å². The van der Waals surface area contributed by atoms with Gasteiger partial charge in [0.1, 0.15) is 17.7 Å². The smallest absolute Gasteiger partial charge is 0.126 e. The molecule has 0 bridgehead atoms. The summed E-state index contributed by atoms with van der Waals surface area (Å²) in [5.74, 6) is 0.806. The Kier molecular flexibility index (Phi) is 3.17. The average molecular weight is 228 g/mol. The second-order valence-electron chi connectivity index (χ2n) is 3.70. The number of aliphatic hydroxyl groups excluding tert-OH is 1. The molecule has 1 unspecified atom stereocenters. The van der Waals surface area contributed by atoms with Crippen LogP contribution in [0.15, 0.2) is 18.2 Å². The van der Waals surface area contributed by atoms with Gasteiger partial charge in [-0.3, -0.25) is 0 Å². The van der Waals surface area contributed by atoms with Crippen molar-refractivity contribution in [3.05, 3.63) is 29.6 Å². The Bertz CT molecular complexity index is 356. The predicted octanol–water partition coefficient (Wildman–Crippen LogP) is 1.81. The van der Waals surface area contributed by atoms with Crippen LogP contribution in [0.4, 0.5) is 4.39 Å². The molecule has 0 spiro atoms. The number of hydrogen-bond donors (Lipinski definition) is 2. The van der Waals surface area contributed by atoms with Crippen LogP contribution in [0.5, 0.6) is 5.75 Å². The summed E-state index contributed by atoms with van der Waals surface area (Å²) in [6, 6.07) is 4.47. The molecule has 1 aliphatic heterocycles. The van der Waals surface area contributed by atoms with Crippen LogP contribution in [-0.2, 0) is 6.42 Å². The summed E-state index contributed by atoms with van der Waals surface area (Å²) in [5, 5.41) is 9.59. The molecule has 2 nitrogen and oxygen atoms in total. The van der Waals surface area contributed by atoms with Crippen molar-refractivity contribution in [3.8, 4) is 5.75 Å². The first-order valence-electron chi connectivity index (χ1n) is 4.94. The van der Waals surface area contributed by atoms with Crippen LogP contribution in [0.2, 0.25) is 0 Å². The maximum atomic E-state index is 12.9. The van der Waals surface area contributed by atoms with Gasteiger partial charge in [-0.2, -0.15) is 12.6 Å². The number of thiol groups is 1. The highest BCUT2D eigenvalue weighted by molar-refractivity contribution is 7.80. The van der Waals surface area contributed by atoms with Gasteiger partial charge < -0.3 is 9.84 Å². The summed E-state index contributed by atoms with van der Waals surface area (Å²) in [6.07, 6.45) is 0.660. The average Bonchev–Trinajstić information content (AvgIpc) is 2.27. The van der Waals surface area contributed by atoms with Gasteiger partial charge in [0.2, 0.25) is 0 Å². The zero-order chi connectivity index (χ0) is 10.8. The molecule has 1 aromatic carbocycles. The van der Waals surface area contributed by atoms with Gasteiger partial charge in [-0.15, -0.1) is 0 Å². The highest BCUT2D eigenvalue weighted by atomic mass is 32.1. The standard InChI is InChI=1S/C11H13FO2S/c12-8-2-4-10-7(5-8)1-3-11(14-10)9(13)6-15/h2,4-5,9,11,13,15H,1,3,6H2/t9?,11-/m0/s1. The monoisotopic (exact) mass is 228 g/mol. The van der Waals surface area contributed by atoms with E-state index in [-0.39, 0.29) is 11.9 Å². The summed E-state index contributed by atoms with van der Waals surface area (Å²) in [4.78, 5) is 0. The van der Waals surface area contributed by atoms with Crippen LogP contribution in [0.3, 0.4) is 0 Å². The molecule has 1 aliphatic rings. The van der Waals surface area contributed by atoms with Crippen molar-refractivity contribution >= 4 is 12.6 Å². The van der Waals surface area contributed by atoms with Crippen LogP contribution in [0, 0.1) is 5.82 Å². The van der Waals surface area contributed by atoms with Crippen molar-refractivity contribution in [2.24, 2.45) is 0 Å². The van der Waals surface area contributed by atoms with Crippen molar-refractivity contribution in [1.29, 1.82) is 0 Å². The Morgan fingerprint density at radius 2 is 2.40 bits per heavy atom. The number of aryl methyl sites for hydroxylation is 1. The lowest BCUT2D eigenvalue weighted by Gasteiger charge is -2.28. The van der Waals surface area contributed by atoms with E-state index >= 15 is 0 Å². The lowest BCUT2D eigenvalue weighted by molar-refractivity contribution is 0.0387. The van der Waals surface area contributed by atoms with E-state index in [2.05, 4.69) is 12.6 Å². The van der Waals surface area contributed by atoms with Gasteiger partial charge in [0, 0.05) is 5.75 Å². The highest BCUT2D eigenvalue weighted by Crippen LogP contribution is 2.29. The van der Waals surface area contributed by atoms with Crippen molar-refractivity contribution in [2.45, 2.75) is 25.0 Å². The van der Waals surface area contributed by atoms with Gasteiger partial charge in [-0.25, -0.2) is 4.39 Å². The number of benzene rings is 1. The Labute approximate surface area is 93.5 Å². The van der Waals surface area contributed by atoms with Gasteiger partial charge in [0.05, 0.1) is 6.10 Å². The molecule has 0 saturated heterocycles. The Hall–Kier alpha value is -0.740. The van der Waals surface area contributed by atoms with Crippen LogP contribution in [-0.4, -0.2) is 23.1 Å². The van der Waals surface area contributed by atoms with Crippen molar-refractivity contribution in [3.63, 3.8) is 0 Å². The first-order valence-corrected chi connectivity index (χ1v) is 5.58. The second kappa shape index (κ2) is 4.41. The Balaban J connectivity index is 2.16. The fourth-order valence-electron chi connectivity index (χ4n) is 1.77. The molecule has 0 saturated carbocycles. The molecule has 0 aliphatic carbocycles. The molecular weight excluding hydrogens is 215 g/mol. The van der Waals surface area contributed by atoms with E-state index in [0.717, 1.165) is 12.0 Å². The molecule has 0 fully saturated rings. The number of ether oxygens (including phenoxy) is 1. The molecular formula is C11H13FO2S. The number of halogens is 1. The maximum Gasteiger partial charge on any atom is 0.126 e. The first-order chi connectivity index (χ1) is 7.20. The van der Waals surface area contributed by atoms with E-state index in [4.69, 9.17) is 4.74 Å². The van der Waals surface area contributed by atoms with Gasteiger partial charge in [0.25, 0.3) is 0 Å². The third-order valence-corrected chi connectivity index (χ3v) is 2.99. The van der Waals surface area contributed by atoms with Crippen LogP contribution >= 0.6 is 12.6 Å². The third kappa shape index (κ3) is 2.26. The van der Waals surface area contributed by atoms with E-state index in [1.54, 1.807) is 6.07 Å². The first kappa shape index (κ1) is 10.8. The van der Waals surface area contributed by atoms with E-state index < -0.39 is 6.10 Å². The largest absolute Gasteiger partial charge is 0.487 e. The topological polar surface area (TPSA) is 29.5 Å². The summed E-state index contributed by atoms with van der Waals surface area (Å²) >= 11 is 4.02. The SMILES string of the molecule is OC(CS)[C@@H]1CCc2cc(F)ccc2O1. The molecule has 1 aromatic rings. The lowest BCUT2D eigenvalue weighted by atomic mass is 9.99. The molecule has 2 atom stereocenters. The third-order valence-electron chi connectivity index (χ3n) is 2.62. The van der Waals surface area contributed by atoms with Crippen molar-refractivity contribution in [2.75, 3.05) is 5.75 Å². The number of hydrogen-bond acceptors (Lipinski definition) is 3. The quantitative estimate of drug-likeness (QED) is 0.756. The summed E-state index contributed by atoms with van der Waals surface area (Å²) in [5.41, 5.74) is 0.873. The molecule has 0 aromatic heterocycles. The van der Waals surface area contributed by atoms with E-state index in [1.165, 1.54) is 12.1 Å². The summed E-state index contributed by atoms with van der Waals surface area (Å²) in [7, 11) is 0. The second-order valence-corrected chi connectivity index (χ2v) is 4.06.